The molecule has 0 radical (unpaired) electrons. The first kappa shape index (κ1) is 15.4. The van der Waals surface area contributed by atoms with Gasteiger partial charge in [-0.1, -0.05) is 17.7 Å². The summed E-state index contributed by atoms with van der Waals surface area (Å²) in [4.78, 5) is 29.3. The number of hydrogen-bond acceptors (Lipinski definition) is 3. The average molecular weight is 311 g/mol. The van der Waals surface area contributed by atoms with Crippen LogP contribution in [0.2, 0.25) is 5.02 Å². The van der Waals surface area contributed by atoms with E-state index >= 15 is 0 Å². The van der Waals surface area contributed by atoms with Crippen LogP contribution in [0.4, 0.5) is 10.5 Å². The summed E-state index contributed by atoms with van der Waals surface area (Å²) in [5.41, 5.74) is 6.57. The van der Waals surface area contributed by atoms with Crippen molar-refractivity contribution in [3.05, 3.63) is 28.8 Å². The van der Waals surface area contributed by atoms with Crippen molar-refractivity contribution in [1.29, 1.82) is 0 Å². The third kappa shape index (κ3) is 3.21. The maximum Gasteiger partial charge on any atom is 0.319 e. The summed E-state index contributed by atoms with van der Waals surface area (Å²) < 4.78 is 0. The van der Waals surface area contributed by atoms with Gasteiger partial charge in [0, 0.05) is 40.3 Å². The number of halogens is 1. The molecule has 0 spiro atoms. The molecule has 1 saturated heterocycles. The van der Waals surface area contributed by atoms with Gasteiger partial charge < -0.3 is 20.4 Å². The smallest absolute Gasteiger partial charge is 0.319 e. The lowest BCUT2D eigenvalue weighted by molar-refractivity contribution is 0.0651. The minimum absolute atomic E-state index is 0.0376. The molecule has 1 fully saturated rings. The van der Waals surface area contributed by atoms with E-state index in [9.17, 15) is 9.59 Å². The molecule has 0 aromatic heterocycles. The van der Waals surface area contributed by atoms with Crippen LogP contribution < -0.4 is 5.73 Å². The fraction of sp³-hybridized carbons (Fsp3) is 0.429. The molecule has 114 valence electrons. The monoisotopic (exact) mass is 310 g/mol. The topological polar surface area (TPSA) is 69.9 Å². The summed E-state index contributed by atoms with van der Waals surface area (Å²) in [6.07, 6.45) is 0. The summed E-state index contributed by atoms with van der Waals surface area (Å²) in [5, 5.41) is 0.377. The lowest BCUT2D eigenvalue weighted by Crippen LogP contribution is -2.52. The Balaban J connectivity index is 2.04. The van der Waals surface area contributed by atoms with E-state index < -0.39 is 0 Å². The summed E-state index contributed by atoms with van der Waals surface area (Å²) >= 11 is 5.94. The number of nitrogens with two attached hydrogens (primary N) is 1. The molecule has 1 heterocycles. The van der Waals surface area contributed by atoms with E-state index in [-0.39, 0.29) is 11.9 Å². The van der Waals surface area contributed by atoms with Crippen LogP contribution in [0, 0.1) is 0 Å². The zero-order valence-electron chi connectivity index (χ0n) is 12.2. The SMILES string of the molecule is CN(C)C(=O)N1CCN(C(=O)c2cccc(Cl)c2N)CC1. The van der Waals surface area contributed by atoms with Gasteiger partial charge in [-0.2, -0.15) is 0 Å². The van der Waals surface area contributed by atoms with Gasteiger partial charge in [-0.15, -0.1) is 0 Å². The van der Waals surface area contributed by atoms with Crippen molar-refractivity contribution in [3.63, 3.8) is 0 Å². The fourth-order valence-corrected chi connectivity index (χ4v) is 2.45. The van der Waals surface area contributed by atoms with Crippen molar-refractivity contribution in [2.24, 2.45) is 0 Å². The van der Waals surface area contributed by atoms with Gasteiger partial charge in [0.2, 0.25) is 0 Å². The molecule has 3 amide bonds. The number of carbonyl (C=O) groups excluding carboxylic acids is 2. The van der Waals surface area contributed by atoms with Crippen LogP contribution >= 0.6 is 11.6 Å². The molecule has 0 atom stereocenters. The molecule has 0 unspecified atom stereocenters. The number of nitrogen functional groups attached to an aromatic ring is 1. The zero-order valence-corrected chi connectivity index (χ0v) is 12.9. The Morgan fingerprint density at radius 2 is 1.71 bits per heavy atom. The highest BCUT2D eigenvalue weighted by Crippen LogP contribution is 2.24. The number of hydrogen-bond donors (Lipinski definition) is 1. The van der Waals surface area contributed by atoms with Crippen molar-refractivity contribution in [3.8, 4) is 0 Å². The maximum atomic E-state index is 12.5. The minimum Gasteiger partial charge on any atom is -0.397 e. The molecule has 6 nitrogen and oxygen atoms in total. The van der Waals surface area contributed by atoms with Crippen molar-refractivity contribution < 1.29 is 9.59 Å². The molecule has 1 aromatic carbocycles. The Kier molecular flexibility index (Phi) is 4.57. The molecule has 1 aromatic rings. The highest BCUT2D eigenvalue weighted by atomic mass is 35.5. The molecular formula is C14H19ClN4O2. The van der Waals surface area contributed by atoms with E-state index in [1.54, 1.807) is 42.1 Å². The lowest BCUT2D eigenvalue weighted by atomic mass is 10.1. The predicted molar refractivity (Wildman–Crippen MR) is 82.4 cm³/mol. The first-order valence-corrected chi connectivity index (χ1v) is 7.09. The summed E-state index contributed by atoms with van der Waals surface area (Å²) in [6.45, 7) is 2.02. The van der Waals surface area contributed by atoms with Crippen LogP contribution in [0.3, 0.4) is 0 Å². The van der Waals surface area contributed by atoms with Gasteiger partial charge in [-0.3, -0.25) is 4.79 Å². The predicted octanol–water partition coefficient (Wildman–Crippen LogP) is 1.36. The lowest BCUT2D eigenvalue weighted by Gasteiger charge is -2.36. The third-order valence-corrected chi connectivity index (χ3v) is 3.83. The number of carbonyl (C=O) groups is 2. The van der Waals surface area contributed by atoms with Gasteiger partial charge in [0.05, 0.1) is 16.3 Å². The highest BCUT2D eigenvalue weighted by Gasteiger charge is 2.26. The number of nitrogens with zero attached hydrogens (tertiary/aromatic N) is 3. The molecule has 0 saturated carbocycles. The molecule has 7 heteroatoms. The molecule has 2 rings (SSSR count). The average Bonchev–Trinajstić information content (AvgIpc) is 2.48. The van der Waals surface area contributed by atoms with E-state index in [2.05, 4.69) is 0 Å². The summed E-state index contributed by atoms with van der Waals surface area (Å²) in [7, 11) is 3.43. The minimum atomic E-state index is -0.146. The second kappa shape index (κ2) is 6.22. The quantitative estimate of drug-likeness (QED) is 0.796. The number of rotatable bonds is 1. The van der Waals surface area contributed by atoms with Crippen molar-refractivity contribution >= 4 is 29.2 Å². The molecule has 2 N–H and O–H groups in total. The van der Waals surface area contributed by atoms with Crippen molar-refractivity contribution in [2.45, 2.75) is 0 Å². The first-order valence-electron chi connectivity index (χ1n) is 6.71. The standard InChI is InChI=1S/C14H19ClN4O2/c1-17(2)14(21)19-8-6-18(7-9-19)13(20)10-4-3-5-11(15)12(10)16/h3-5H,6-9,16H2,1-2H3. The number of anilines is 1. The van der Waals surface area contributed by atoms with Crippen LogP contribution in [-0.2, 0) is 0 Å². The van der Waals surface area contributed by atoms with Crippen molar-refractivity contribution in [2.75, 3.05) is 46.0 Å². The van der Waals surface area contributed by atoms with E-state index in [1.165, 1.54) is 4.90 Å². The molecule has 21 heavy (non-hydrogen) atoms. The van der Waals surface area contributed by atoms with Crippen LogP contribution in [0.5, 0.6) is 0 Å². The summed E-state index contributed by atoms with van der Waals surface area (Å²) in [5.74, 6) is -0.146. The van der Waals surface area contributed by atoms with E-state index in [1.807, 2.05) is 0 Å². The normalized spacial score (nSPS) is 15.0. The number of benzene rings is 1. The Bertz CT molecular complexity index is 554. The Morgan fingerprint density at radius 3 is 2.29 bits per heavy atom. The number of amides is 3. The van der Waals surface area contributed by atoms with Crippen LogP contribution in [0.25, 0.3) is 0 Å². The third-order valence-electron chi connectivity index (χ3n) is 3.50. The maximum absolute atomic E-state index is 12.5. The number of para-hydroxylation sites is 1. The van der Waals surface area contributed by atoms with Gasteiger partial charge in [0.1, 0.15) is 0 Å². The fourth-order valence-electron chi connectivity index (χ4n) is 2.28. The number of urea groups is 1. The van der Waals surface area contributed by atoms with Gasteiger partial charge in [0.15, 0.2) is 0 Å². The first-order chi connectivity index (χ1) is 9.91. The summed E-state index contributed by atoms with van der Waals surface area (Å²) in [6, 6.07) is 4.99. The molecule has 0 bridgehead atoms. The van der Waals surface area contributed by atoms with Gasteiger partial charge in [-0.25, -0.2) is 4.79 Å². The van der Waals surface area contributed by atoms with Gasteiger partial charge in [-0.05, 0) is 12.1 Å². The van der Waals surface area contributed by atoms with Gasteiger partial charge in [0.25, 0.3) is 5.91 Å². The van der Waals surface area contributed by atoms with Crippen molar-refractivity contribution in [1.82, 2.24) is 14.7 Å². The Hall–Kier alpha value is -1.95. The van der Waals surface area contributed by atoms with Crippen LogP contribution in [0.15, 0.2) is 18.2 Å². The van der Waals surface area contributed by atoms with Crippen LogP contribution in [-0.4, -0.2) is 66.9 Å². The van der Waals surface area contributed by atoms with Gasteiger partial charge >= 0.3 is 6.03 Å². The second-order valence-corrected chi connectivity index (χ2v) is 5.56. The van der Waals surface area contributed by atoms with E-state index in [4.69, 9.17) is 17.3 Å². The molecule has 1 aliphatic rings. The second-order valence-electron chi connectivity index (χ2n) is 5.16. The Morgan fingerprint density at radius 1 is 1.14 bits per heavy atom. The molecular weight excluding hydrogens is 292 g/mol. The molecule has 1 aliphatic heterocycles. The zero-order chi connectivity index (χ0) is 15.6. The van der Waals surface area contributed by atoms with Crippen LogP contribution in [0.1, 0.15) is 10.4 Å². The Labute approximate surface area is 129 Å². The molecule has 0 aliphatic carbocycles. The highest BCUT2D eigenvalue weighted by molar-refractivity contribution is 6.33. The van der Waals surface area contributed by atoms with E-state index in [0.29, 0.717) is 42.5 Å². The largest absolute Gasteiger partial charge is 0.397 e. The van der Waals surface area contributed by atoms with E-state index in [0.717, 1.165) is 0 Å². The number of piperazine rings is 1.